The van der Waals surface area contributed by atoms with E-state index in [1.54, 1.807) is 0 Å². The fraction of sp³-hybridized carbons (Fsp3) is 0.333. The zero-order valence-corrected chi connectivity index (χ0v) is 9.14. The van der Waals surface area contributed by atoms with Crippen LogP contribution in [0.1, 0.15) is 0 Å². The van der Waals surface area contributed by atoms with Crippen molar-refractivity contribution in [1.82, 2.24) is 0 Å². The summed E-state index contributed by atoms with van der Waals surface area (Å²) in [5.41, 5.74) is 0. The molecule has 0 aliphatic rings. The van der Waals surface area contributed by atoms with E-state index in [-0.39, 0.29) is 0 Å². The molecule has 1 rings (SSSR count). The Bertz CT molecular complexity index is 521. The molecule has 120 valence electrons. The summed E-state index contributed by atoms with van der Waals surface area (Å²) < 4.78 is 139. The summed E-state index contributed by atoms with van der Waals surface area (Å²) >= 11 is 0. The first-order valence-electron chi connectivity index (χ1n) is 4.59. The fourth-order valence-corrected chi connectivity index (χ4v) is 1.05. The Labute approximate surface area is 107 Å². The van der Waals surface area contributed by atoms with E-state index in [1.807, 2.05) is 0 Å². The molecule has 0 aliphatic heterocycles. The third-order valence-electron chi connectivity index (χ3n) is 1.99. The predicted octanol–water partition coefficient (Wildman–Crippen LogP) is 4.25. The lowest BCUT2D eigenvalue weighted by Gasteiger charge is -2.23. The largest absolute Gasteiger partial charge is 0.439 e. The number of alkyl halides is 6. The maximum absolute atomic E-state index is 12.9. The molecule has 0 aromatic heterocycles. The van der Waals surface area contributed by atoms with Gasteiger partial charge in [-0.05, 0) is 0 Å². The van der Waals surface area contributed by atoms with Crippen molar-refractivity contribution in [3.8, 4) is 5.75 Å². The quantitative estimate of drug-likeness (QED) is 0.456. The van der Waals surface area contributed by atoms with Crippen LogP contribution < -0.4 is 4.74 Å². The molecule has 0 bridgehead atoms. The molecule has 12 heteroatoms. The standard InChI is InChI=1S/C9HF11O/c10-1-2(11)4(13)6(5(14)3(1)12)21-9(19,20)7(15)8(16,17)18/h7H/t7-/m1/s1. The van der Waals surface area contributed by atoms with E-state index < -0.39 is 53.3 Å². The molecule has 1 aromatic carbocycles. The van der Waals surface area contributed by atoms with Crippen molar-refractivity contribution in [2.24, 2.45) is 0 Å². The summed E-state index contributed by atoms with van der Waals surface area (Å²) in [6, 6.07) is 0. The van der Waals surface area contributed by atoms with Gasteiger partial charge in [0.15, 0.2) is 0 Å². The van der Waals surface area contributed by atoms with E-state index in [2.05, 4.69) is 4.74 Å². The van der Waals surface area contributed by atoms with E-state index in [4.69, 9.17) is 0 Å². The molecule has 0 aliphatic carbocycles. The van der Waals surface area contributed by atoms with Gasteiger partial charge in [0.25, 0.3) is 6.17 Å². The lowest BCUT2D eigenvalue weighted by molar-refractivity contribution is -0.306. The van der Waals surface area contributed by atoms with Crippen LogP contribution in [0.25, 0.3) is 0 Å². The van der Waals surface area contributed by atoms with Gasteiger partial charge < -0.3 is 4.74 Å². The molecule has 0 spiro atoms. The molecule has 0 unspecified atom stereocenters. The summed E-state index contributed by atoms with van der Waals surface area (Å²) in [6.45, 7) is 0. The molecule has 0 N–H and O–H groups in total. The Morgan fingerprint density at radius 2 is 1.00 bits per heavy atom. The highest BCUT2D eigenvalue weighted by atomic mass is 19.4. The molecule has 0 fully saturated rings. The van der Waals surface area contributed by atoms with Crippen LogP contribution in [0, 0.1) is 29.1 Å². The second-order valence-corrected chi connectivity index (χ2v) is 3.47. The molecule has 0 radical (unpaired) electrons. The van der Waals surface area contributed by atoms with Gasteiger partial charge in [0.05, 0.1) is 0 Å². The lowest BCUT2D eigenvalue weighted by Crippen LogP contribution is -2.46. The average molecular weight is 334 g/mol. The topological polar surface area (TPSA) is 9.23 Å². The van der Waals surface area contributed by atoms with Crippen LogP contribution in [0.2, 0.25) is 0 Å². The highest BCUT2D eigenvalue weighted by Crippen LogP contribution is 2.39. The van der Waals surface area contributed by atoms with E-state index in [0.29, 0.717) is 0 Å². The molecule has 1 atom stereocenters. The number of halogens is 11. The molecule has 0 saturated carbocycles. The van der Waals surface area contributed by atoms with Gasteiger partial charge in [-0.15, -0.1) is 0 Å². The summed E-state index contributed by atoms with van der Waals surface area (Å²) in [5.74, 6) is -16.9. The number of ether oxygens (including phenoxy) is 1. The van der Waals surface area contributed by atoms with Gasteiger partial charge >= 0.3 is 12.3 Å². The first-order chi connectivity index (χ1) is 9.30. The number of hydrogen-bond donors (Lipinski definition) is 0. The Morgan fingerprint density at radius 1 is 0.667 bits per heavy atom. The van der Waals surface area contributed by atoms with Crippen molar-refractivity contribution in [2.75, 3.05) is 0 Å². The van der Waals surface area contributed by atoms with Crippen LogP contribution in [-0.4, -0.2) is 18.5 Å². The van der Waals surface area contributed by atoms with Crippen molar-refractivity contribution < 1.29 is 53.0 Å². The first kappa shape index (κ1) is 17.3. The molecule has 0 saturated heterocycles. The van der Waals surface area contributed by atoms with Gasteiger partial charge in [0.1, 0.15) is 0 Å². The molecule has 0 heterocycles. The van der Waals surface area contributed by atoms with Gasteiger partial charge in [-0.25, -0.2) is 17.6 Å². The molecule has 1 aromatic rings. The zero-order chi connectivity index (χ0) is 16.7. The average Bonchev–Trinajstić information content (AvgIpc) is 2.37. The van der Waals surface area contributed by atoms with E-state index in [0.717, 1.165) is 0 Å². The van der Waals surface area contributed by atoms with E-state index in [9.17, 15) is 48.3 Å². The van der Waals surface area contributed by atoms with E-state index in [1.165, 1.54) is 0 Å². The van der Waals surface area contributed by atoms with Crippen LogP contribution in [0.4, 0.5) is 48.3 Å². The summed E-state index contributed by atoms with van der Waals surface area (Å²) in [7, 11) is 0. The van der Waals surface area contributed by atoms with Gasteiger partial charge in [0.2, 0.25) is 34.8 Å². The van der Waals surface area contributed by atoms with Crippen molar-refractivity contribution in [1.29, 1.82) is 0 Å². The van der Waals surface area contributed by atoms with Crippen LogP contribution in [0.3, 0.4) is 0 Å². The smallest absolute Gasteiger partial charge is 0.424 e. The molecular formula is C9HF11O. The summed E-state index contributed by atoms with van der Waals surface area (Å²) in [6.07, 6.45) is -17.2. The van der Waals surface area contributed by atoms with Crippen molar-refractivity contribution in [3.05, 3.63) is 29.1 Å². The number of benzene rings is 1. The second kappa shape index (κ2) is 5.22. The van der Waals surface area contributed by atoms with Gasteiger partial charge in [-0.2, -0.15) is 30.7 Å². The minimum Gasteiger partial charge on any atom is -0.424 e. The molecule has 1 nitrogen and oxygen atoms in total. The number of hydrogen-bond acceptors (Lipinski definition) is 1. The zero-order valence-electron chi connectivity index (χ0n) is 9.14. The van der Waals surface area contributed by atoms with Crippen LogP contribution in [0.15, 0.2) is 0 Å². The van der Waals surface area contributed by atoms with Crippen LogP contribution >= 0.6 is 0 Å². The van der Waals surface area contributed by atoms with Crippen molar-refractivity contribution in [2.45, 2.75) is 18.5 Å². The monoisotopic (exact) mass is 334 g/mol. The third kappa shape index (κ3) is 3.13. The third-order valence-corrected chi connectivity index (χ3v) is 1.99. The minimum atomic E-state index is -6.20. The van der Waals surface area contributed by atoms with E-state index >= 15 is 0 Å². The SMILES string of the molecule is Fc1c(F)c(F)c(OC(F)(F)[C@H](F)C(F)(F)F)c(F)c1F. The maximum Gasteiger partial charge on any atom is 0.439 e. The Morgan fingerprint density at radius 3 is 1.33 bits per heavy atom. The highest BCUT2D eigenvalue weighted by molar-refractivity contribution is 5.30. The molecule has 0 amide bonds. The summed E-state index contributed by atoms with van der Waals surface area (Å²) in [5, 5.41) is 0. The highest BCUT2D eigenvalue weighted by Gasteiger charge is 2.60. The van der Waals surface area contributed by atoms with Crippen molar-refractivity contribution in [3.63, 3.8) is 0 Å². The maximum atomic E-state index is 12.9. The van der Waals surface area contributed by atoms with Gasteiger partial charge in [0, 0.05) is 0 Å². The predicted molar refractivity (Wildman–Crippen MR) is 42.8 cm³/mol. The molecular weight excluding hydrogens is 333 g/mol. The molecule has 21 heavy (non-hydrogen) atoms. The minimum absolute atomic E-state index is 2.73. The van der Waals surface area contributed by atoms with Crippen molar-refractivity contribution >= 4 is 0 Å². The van der Waals surface area contributed by atoms with Crippen LogP contribution in [0.5, 0.6) is 5.75 Å². The second-order valence-electron chi connectivity index (χ2n) is 3.47. The summed E-state index contributed by atoms with van der Waals surface area (Å²) in [4.78, 5) is 0. The van der Waals surface area contributed by atoms with Gasteiger partial charge in [-0.1, -0.05) is 0 Å². The van der Waals surface area contributed by atoms with Gasteiger partial charge in [-0.3, -0.25) is 0 Å². The normalized spacial score (nSPS) is 14.2. The fourth-order valence-electron chi connectivity index (χ4n) is 1.05. The Hall–Kier alpha value is -1.75. The first-order valence-corrected chi connectivity index (χ1v) is 4.59. The van der Waals surface area contributed by atoms with Crippen LogP contribution in [-0.2, 0) is 0 Å². The lowest BCUT2D eigenvalue weighted by atomic mass is 10.2. The Balaban J connectivity index is 3.32. The number of rotatable bonds is 3. The Kier molecular flexibility index (Phi) is 4.30.